The molecule has 2 heteroatoms. The van der Waals surface area contributed by atoms with Gasteiger partial charge in [0.05, 0.1) is 0 Å². The van der Waals surface area contributed by atoms with E-state index in [0.717, 1.165) is 24.2 Å². The summed E-state index contributed by atoms with van der Waals surface area (Å²) in [5.41, 5.74) is 0.824. The van der Waals surface area contributed by atoms with Crippen molar-refractivity contribution in [1.29, 1.82) is 0 Å². The van der Waals surface area contributed by atoms with Crippen LogP contribution in [0.5, 0.6) is 0 Å². The molecule has 1 rings (SSSR count). The molecular weight excluding hydrogens is 216 g/mol. The van der Waals surface area contributed by atoms with Gasteiger partial charge >= 0.3 is 0 Å². The van der Waals surface area contributed by atoms with Gasteiger partial charge in [-0.15, -0.1) is 18.3 Å². The number of thioether (sulfide) groups is 1. The predicted molar refractivity (Wildman–Crippen MR) is 71.2 cm³/mol. The van der Waals surface area contributed by atoms with Gasteiger partial charge in [0, 0.05) is 16.9 Å². The number of carbonyl (C=O) groups excluding carboxylic acids is 1. The minimum Gasteiger partial charge on any atom is -0.294 e. The fourth-order valence-corrected chi connectivity index (χ4v) is 2.12. The summed E-state index contributed by atoms with van der Waals surface area (Å²) in [7, 11) is 0. The Balaban J connectivity index is 2.52. The highest BCUT2D eigenvalue weighted by atomic mass is 32.2. The standard InChI is InChI=1S/C14H18OS/c1-3-5-6-7-14(15)12-8-10-13(11-9-12)16-4-2/h3,8-11H,1,4-7H2,2H3. The molecule has 16 heavy (non-hydrogen) atoms. The zero-order chi connectivity index (χ0) is 11.8. The summed E-state index contributed by atoms with van der Waals surface area (Å²) in [6, 6.07) is 7.90. The maximum absolute atomic E-state index is 11.7. The van der Waals surface area contributed by atoms with Crippen LogP contribution in [0.4, 0.5) is 0 Å². The van der Waals surface area contributed by atoms with Gasteiger partial charge in [-0.2, -0.15) is 0 Å². The number of allylic oxidation sites excluding steroid dienone is 1. The van der Waals surface area contributed by atoms with Gasteiger partial charge in [-0.3, -0.25) is 4.79 Å². The predicted octanol–water partition coefficient (Wildman–Crippen LogP) is 4.34. The summed E-state index contributed by atoms with van der Waals surface area (Å²) >= 11 is 1.79. The van der Waals surface area contributed by atoms with Gasteiger partial charge in [-0.05, 0) is 30.7 Å². The van der Waals surface area contributed by atoms with Gasteiger partial charge in [0.2, 0.25) is 0 Å². The Morgan fingerprint density at radius 2 is 2.06 bits per heavy atom. The van der Waals surface area contributed by atoms with E-state index in [-0.39, 0.29) is 5.78 Å². The van der Waals surface area contributed by atoms with E-state index in [4.69, 9.17) is 0 Å². The zero-order valence-corrected chi connectivity index (χ0v) is 10.6. The molecule has 1 aromatic rings. The van der Waals surface area contributed by atoms with Crippen LogP contribution < -0.4 is 0 Å². The minimum atomic E-state index is 0.231. The third-order valence-electron chi connectivity index (χ3n) is 2.30. The van der Waals surface area contributed by atoms with Gasteiger partial charge in [-0.25, -0.2) is 0 Å². The number of ketones is 1. The molecule has 0 bridgehead atoms. The molecule has 0 fully saturated rings. The molecule has 0 heterocycles. The highest BCUT2D eigenvalue weighted by Crippen LogP contribution is 2.18. The van der Waals surface area contributed by atoms with Crippen LogP contribution in [-0.2, 0) is 0 Å². The molecule has 86 valence electrons. The molecule has 0 unspecified atom stereocenters. The molecule has 0 spiro atoms. The second-order valence-corrected chi connectivity index (χ2v) is 4.90. The van der Waals surface area contributed by atoms with E-state index in [1.54, 1.807) is 11.8 Å². The summed E-state index contributed by atoms with van der Waals surface area (Å²) in [4.78, 5) is 13.0. The SMILES string of the molecule is C=CCCCC(=O)c1ccc(SCC)cc1. The molecule has 1 aromatic carbocycles. The number of hydrogen-bond donors (Lipinski definition) is 0. The van der Waals surface area contributed by atoms with Crippen molar-refractivity contribution in [3.8, 4) is 0 Å². The van der Waals surface area contributed by atoms with Crippen LogP contribution >= 0.6 is 11.8 Å². The van der Waals surface area contributed by atoms with Gasteiger partial charge in [0.25, 0.3) is 0 Å². The number of Topliss-reactive ketones (excluding diaryl/α,β-unsaturated/α-hetero) is 1. The highest BCUT2D eigenvalue weighted by molar-refractivity contribution is 7.99. The topological polar surface area (TPSA) is 17.1 Å². The third kappa shape index (κ3) is 4.23. The number of carbonyl (C=O) groups is 1. The second kappa shape index (κ2) is 7.29. The van der Waals surface area contributed by atoms with Crippen molar-refractivity contribution in [3.05, 3.63) is 42.5 Å². The molecule has 0 aliphatic heterocycles. The molecule has 0 N–H and O–H groups in total. The van der Waals surface area contributed by atoms with Crippen molar-refractivity contribution in [1.82, 2.24) is 0 Å². The fraction of sp³-hybridized carbons (Fsp3) is 0.357. The lowest BCUT2D eigenvalue weighted by molar-refractivity contribution is 0.0980. The van der Waals surface area contributed by atoms with Crippen LogP contribution in [0.15, 0.2) is 41.8 Å². The number of benzene rings is 1. The normalized spacial score (nSPS) is 10.1. The molecule has 0 radical (unpaired) electrons. The lowest BCUT2D eigenvalue weighted by atomic mass is 10.1. The summed E-state index contributed by atoms with van der Waals surface area (Å²) in [5, 5.41) is 0. The van der Waals surface area contributed by atoms with Crippen molar-refractivity contribution in [2.45, 2.75) is 31.1 Å². The largest absolute Gasteiger partial charge is 0.294 e. The first-order valence-corrected chi connectivity index (χ1v) is 6.63. The first-order valence-electron chi connectivity index (χ1n) is 5.65. The number of hydrogen-bond acceptors (Lipinski definition) is 2. The molecule has 0 amide bonds. The summed E-state index contributed by atoms with van der Waals surface area (Å²) in [6.45, 7) is 5.77. The van der Waals surface area contributed by atoms with Crippen LogP contribution in [0.25, 0.3) is 0 Å². The van der Waals surface area contributed by atoms with Crippen molar-refractivity contribution < 1.29 is 4.79 Å². The first kappa shape index (κ1) is 13.0. The zero-order valence-electron chi connectivity index (χ0n) is 9.74. The van der Waals surface area contributed by atoms with Gasteiger partial charge in [0.15, 0.2) is 5.78 Å². The second-order valence-electron chi connectivity index (χ2n) is 3.56. The Kier molecular flexibility index (Phi) is 5.94. The van der Waals surface area contributed by atoms with E-state index in [0.29, 0.717) is 6.42 Å². The van der Waals surface area contributed by atoms with Crippen LogP contribution in [0.2, 0.25) is 0 Å². The van der Waals surface area contributed by atoms with Crippen LogP contribution in [0.3, 0.4) is 0 Å². The van der Waals surface area contributed by atoms with E-state index in [1.165, 1.54) is 4.90 Å². The number of rotatable bonds is 7. The molecule has 0 atom stereocenters. The third-order valence-corrected chi connectivity index (χ3v) is 3.19. The quantitative estimate of drug-likeness (QED) is 0.302. The lowest BCUT2D eigenvalue weighted by Crippen LogP contribution is -1.98. The summed E-state index contributed by atoms with van der Waals surface area (Å²) < 4.78 is 0. The summed E-state index contributed by atoms with van der Waals surface area (Å²) in [6.07, 6.45) is 4.28. The average Bonchev–Trinajstić information content (AvgIpc) is 2.30. The van der Waals surface area contributed by atoms with Crippen LogP contribution in [0.1, 0.15) is 36.5 Å². The highest BCUT2D eigenvalue weighted by Gasteiger charge is 2.04. The van der Waals surface area contributed by atoms with Gasteiger partial charge in [-0.1, -0.05) is 25.1 Å². The van der Waals surface area contributed by atoms with Crippen LogP contribution in [0, 0.1) is 0 Å². The Labute approximate surface area is 102 Å². The van der Waals surface area contributed by atoms with Crippen molar-refractivity contribution in [2.24, 2.45) is 0 Å². The maximum atomic E-state index is 11.7. The van der Waals surface area contributed by atoms with Gasteiger partial charge < -0.3 is 0 Å². The van der Waals surface area contributed by atoms with Crippen molar-refractivity contribution in [2.75, 3.05) is 5.75 Å². The molecular formula is C14H18OS. The van der Waals surface area contributed by atoms with Crippen LogP contribution in [-0.4, -0.2) is 11.5 Å². The van der Waals surface area contributed by atoms with Crippen molar-refractivity contribution >= 4 is 17.5 Å². The maximum Gasteiger partial charge on any atom is 0.162 e. The minimum absolute atomic E-state index is 0.231. The molecule has 1 nitrogen and oxygen atoms in total. The molecule has 0 saturated heterocycles. The average molecular weight is 234 g/mol. The molecule has 0 aliphatic carbocycles. The van der Waals surface area contributed by atoms with Gasteiger partial charge in [0.1, 0.15) is 0 Å². The Morgan fingerprint density at radius 3 is 2.62 bits per heavy atom. The first-order chi connectivity index (χ1) is 7.77. The molecule has 0 aromatic heterocycles. The Morgan fingerprint density at radius 1 is 1.38 bits per heavy atom. The van der Waals surface area contributed by atoms with E-state index < -0.39 is 0 Å². The smallest absolute Gasteiger partial charge is 0.162 e. The Hall–Kier alpha value is -1.02. The Bertz CT molecular complexity index is 340. The summed E-state index contributed by atoms with van der Waals surface area (Å²) in [5.74, 6) is 1.29. The van der Waals surface area contributed by atoms with E-state index in [9.17, 15) is 4.79 Å². The monoisotopic (exact) mass is 234 g/mol. The fourth-order valence-electron chi connectivity index (χ4n) is 1.46. The van der Waals surface area contributed by atoms with E-state index >= 15 is 0 Å². The molecule has 0 saturated carbocycles. The lowest BCUT2D eigenvalue weighted by Gasteiger charge is -2.02. The van der Waals surface area contributed by atoms with E-state index in [1.807, 2.05) is 30.3 Å². The number of unbranched alkanes of at least 4 members (excludes halogenated alkanes) is 1. The van der Waals surface area contributed by atoms with E-state index in [2.05, 4.69) is 13.5 Å². The molecule has 0 aliphatic rings. The van der Waals surface area contributed by atoms with Crippen molar-refractivity contribution in [3.63, 3.8) is 0 Å².